The zero-order valence-electron chi connectivity index (χ0n) is 11.2. The smallest absolute Gasteiger partial charge is 0.200 e. The molecule has 0 bridgehead atoms. The van der Waals surface area contributed by atoms with E-state index in [0.717, 1.165) is 0 Å². The third kappa shape index (κ3) is 2.83. The molecule has 0 spiro atoms. The molecule has 0 aliphatic rings. The van der Waals surface area contributed by atoms with Crippen LogP contribution in [0.1, 0.15) is 55.4 Å². The van der Waals surface area contributed by atoms with E-state index < -0.39 is 8.32 Å². The average Bonchev–Trinajstić information content (AvgIpc) is 1.97. The Bertz CT molecular complexity index is 140. The van der Waals surface area contributed by atoms with E-state index in [0.29, 0.717) is 22.7 Å². The molecule has 0 aliphatic carbocycles. The van der Waals surface area contributed by atoms with Gasteiger partial charge in [-0.2, -0.15) is 0 Å². The molecule has 0 aliphatic heterocycles. The van der Waals surface area contributed by atoms with E-state index in [1.165, 1.54) is 0 Å². The monoisotopic (exact) mass is 216 g/mol. The summed E-state index contributed by atoms with van der Waals surface area (Å²) in [5, 5.41) is 0. The Balaban J connectivity index is 4.95. The third-order valence-corrected chi connectivity index (χ3v) is 9.44. The minimum absolute atomic E-state index is 0.369. The van der Waals surface area contributed by atoms with Crippen LogP contribution in [-0.4, -0.2) is 14.4 Å². The van der Waals surface area contributed by atoms with Crippen LogP contribution in [-0.2, 0) is 4.43 Å². The van der Waals surface area contributed by atoms with Crippen molar-refractivity contribution in [3.63, 3.8) is 0 Å². The van der Waals surface area contributed by atoms with E-state index in [1.54, 1.807) is 0 Å². The van der Waals surface area contributed by atoms with E-state index in [9.17, 15) is 0 Å². The summed E-state index contributed by atoms with van der Waals surface area (Å²) in [6.07, 6.45) is 0.369. The van der Waals surface area contributed by atoms with Crippen molar-refractivity contribution >= 4 is 8.32 Å². The molecular formula is C12H28OSi. The Morgan fingerprint density at radius 2 is 0.929 bits per heavy atom. The molecular weight excluding hydrogens is 188 g/mol. The Kier molecular flexibility index (Phi) is 5.38. The van der Waals surface area contributed by atoms with Crippen LogP contribution in [0.4, 0.5) is 0 Å². The quantitative estimate of drug-likeness (QED) is 0.611. The predicted octanol–water partition coefficient (Wildman–Crippen LogP) is 4.59. The van der Waals surface area contributed by atoms with Gasteiger partial charge in [-0.3, -0.25) is 0 Å². The highest BCUT2D eigenvalue weighted by molar-refractivity contribution is 6.77. The third-order valence-electron chi connectivity index (χ3n) is 3.15. The summed E-state index contributed by atoms with van der Waals surface area (Å²) in [6.45, 7) is 18.3. The lowest BCUT2D eigenvalue weighted by Crippen LogP contribution is -2.49. The molecule has 0 amide bonds. The summed E-state index contributed by atoms with van der Waals surface area (Å²) in [6, 6.07) is 0. The maximum Gasteiger partial charge on any atom is 0.200 e. The van der Waals surface area contributed by atoms with Crippen molar-refractivity contribution in [1.82, 2.24) is 0 Å². The van der Waals surface area contributed by atoms with E-state index in [2.05, 4.69) is 55.4 Å². The second-order valence-electron chi connectivity index (χ2n) is 5.48. The molecule has 0 saturated heterocycles. The van der Waals surface area contributed by atoms with Crippen LogP contribution >= 0.6 is 0 Å². The van der Waals surface area contributed by atoms with Crippen molar-refractivity contribution in [2.24, 2.45) is 0 Å². The van der Waals surface area contributed by atoms with Gasteiger partial charge in [0.2, 0.25) is 8.32 Å². The van der Waals surface area contributed by atoms with Crippen LogP contribution in [0.5, 0.6) is 0 Å². The summed E-state index contributed by atoms with van der Waals surface area (Å²) >= 11 is 0. The minimum Gasteiger partial charge on any atom is -0.414 e. The van der Waals surface area contributed by atoms with Crippen LogP contribution in [0.2, 0.25) is 16.6 Å². The van der Waals surface area contributed by atoms with Gasteiger partial charge in [-0.1, -0.05) is 41.5 Å². The van der Waals surface area contributed by atoms with Crippen LogP contribution in [0, 0.1) is 0 Å². The minimum atomic E-state index is -1.59. The molecule has 0 heterocycles. The molecule has 0 fully saturated rings. The Morgan fingerprint density at radius 3 is 1.00 bits per heavy atom. The second kappa shape index (κ2) is 5.31. The van der Waals surface area contributed by atoms with Gasteiger partial charge in [-0.15, -0.1) is 0 Å². The van der Waals surface area contributed by atoms with Gasteiger partial charge in [0, 0.05) is 6.10 Å². The van der Waals surface area contributed by atoms with Crippen molar-refractivity contribution < 1.29 is 4.43 Å². The summed E-state index contributed by atoms with van der Waals surface area (Å²) in [5.41, 5.74) is 2.10. The molecule has 0 N–H and O–H groups in total. The first-order chi connectivity index (χ1) is 6.25. The highest BCUT2D eigenvalue weighted by Crippen LogP contribution is 2.42. The van der Waals surface area contributed by atoms with Gasteiger partial charge < -0.3 is 4.43 Å². The normalized spacial score (nSPS) is 13.7. The average molecular weight is 216 g/mol. The molecule has 1 nitrogen and oxygen atoms in total. The SMILES string of the molecule is CC(C)O[Si](C(C)C)(C(C)C)C(C)C. The maximum absolute atomic E-state index is 6.36. The molecule has 0 radical (unpaired) electrons. The largest absolute Gasteiger partial charge is 0.414 e. The van der Waals surface area contributed by atoms with Gasteiger partial charge >= 0.3 is 0 Å². The van der Waals surface area contributed by atoms with Crippen LogP contribution < -0.4 is 0 Å². The van der Waals surface area contributed by atoms with Crippen LogP contribution in [0.15, 0.2) is 0 Å². The Morgan fingerprint density at radius 1 is 0.643 bits per heavy atom. The Labute approximate surface area is 91.4 Å². The number of hydrogen-bond acceptors (Lipinski definition) is 1. The predicted molar refractivity (Wildman–Crippen MR) is 67.3 cm³/mol. The maximum atomic E-state index is 6.36. The molecule has 0 saturated carbocycles. The highest BCUT2D eigenvalue weighted by atomic mass is 28.4. The molecule has 0 aromatic heterocycles. The lowest BCUT2D eigenvalue weighted by atomic mass is 10.5. The van der Waals surface area contributed by atoms with Crippen molar-refractivity contribution in [3.8, 4) is 0 Å². The van der Waals surface area contributed by atoms with E-state index in [4.69, 9.17) is 4.43 Å². The van der Waals surface area contributed by atoms with Gasteiger partial charge in [-0.05, 0) is 30.5 Å². The number of rotatable bonds is 5. The van der Waals surface area contributed by atoms with Crippen molar-refractivity contribution in [3.05, 3.63) is 0 Å². The van der Waals surface area contributed by atoms with Crippen molar-refractivity contribution in [1.29, 1.82) is 0 Å². The van der Waals surface area contributed by atoms with Gasteiger partial charge in [-0.25, -0.2) is 0 Å². The van der Waals surface area contributed by atoms with Crippen LogP contribution in [0.25, 0.3) is 0 Å². The summed E-state index contributed by atoms with van der Waals surface area (Å²) < 4.78 is 6.36. The summed E-state index contributed by atoms with van der Waals surface area (Å²) in [4.78, 5) is 0. The zero-order valence-corrected chi connectivity index (χ0v) is 12.2. The molecule has 0 aromatic rings. The zero-order chi connectivity index (χ0) is 11.5. The first-order valence-electron chi connectivity index (χ1n) is 5.92. The van der Waals surface area contributed by atoms with Gasteiger partial charge in [0.05, 0.1) is 0 Å². The van der Waals surface area contributed by atoms with Gasteiger partial charge in [0.15, 0.2) is 0 Å². The molecule has 0 aromatic carbocycles. The fourth-order valence-electron chi connectivity index (χ4n) is 2.82. The molecule has 2 heteroatoms. The van der Waals surface area contributed by atoms with E-state index >= 15 is 0 Å². The highest BCUT2D eigenvalue weighted by Gasteiger charge is 2.45. The van der Waals surface area contributed by atoms with Gasteiger partial charge in [0.25, 0.3) is 0 Å². The molecule has 14 heavy (non-hydrogen) atoms. The standard InChI is InChI=1S/C12H28OSi/c1-9(2)13-14(10(3)4,11(5)6)12(7)8/h9-12H,1-8H3. The van der Waals surface area contributed by atoms with E-state index in [1.807, 2.05) is 0 Å². The molecule has 0 unspecified atom stereocenters. The first-order valence-corrected chi connectivity index (χ1v) is 8.06. The summed E-state index contributed by atoms with van der Waals surface area (Å²) in [5.74, 6) is 0. The lowest BCUT2D eigenvalue weighted by Gasteiger charge is -2.43. The summed E-state index contributed by atoms with van der Waals surface area (Å²) in [7, 11) is -1.59. The topological polar surface area (TPSA) is 9.23 Å². The van der Waals surface area contributed by atoms with Crippen molar-refractivity contribution in [2.75, 3.05) is 0 Å². The Hall–Kier alpha value is 0.177. The number of hydrogen-bond donors (Lipinski definition) is 0. The van der Waals surface area contributed by atoms with Crippen molar-refractivity contribution in [2.45, 2.75) is 78.1 Å². The van der Waals surface area contributed by atoms with E-state index in [-0.39, 0.29) is 0 Å². The fourth-order valence-corrected chi connectivity index (χ4v) is 8.45. The second-order valence-corrected chi connectivity index (χ2v) is 10.9. The first kappa shape index (κ1) is 14.2. The fraction of sp³-hybridized carbons (Fsp3) is 1.00. The molecule has 86 valence electrons. The molecule has 0 rings (SSSR count). The molecule has 0 atom stereocenters. The van der Waals surface area contributed by atoms with Gasteiger partial charge in [0.1, 0.15) is 0 Å². The lowest BCUT2D eigenvalue weighted by molar-refractivity contribution is 0.209. The van der Waals surface area contributed by atoms with Crippen LogP contribution in [0.3, 0.4) is 0 Å².